The number of benzene rings is 1. The number of hydrogen-bond acceptors (Lipinski definition) is 3. The summed E-state index contributed by atoms with van der Waals surface area (Å²) < 4.78 is 0. The molecule has 0 aromatic heterocycles. The summed E-state index contributed by atoms with van der Waals surface area (Å²) in [4.78, 5) is 2.10. The van der Waals surface area contributed by atoms with Gasteiger partial charge in [-0.25, -0.2) is 0 Å². The molecule has 0 spiro atoms. The molecule has 0 saturated heterocycles. The standard InChI is InChI=1S/C8H12BN3/c1-12(2)9-10-7-5-3-4-6-8(7)11-9/h3-6,10-11H,1-2H3. The van der Waals surface area contributed by atoms with Gasteiger partial charge in [0.2, 0.25) is 0 Å². The Hall–Kier alpha value is -1.16. The topological polar surface area (TPSA) is 27.3 Å². The van der Waals surface area contributed by atoms with Gasteiger partial charge in [0.1, 0.15) is 0 Å². The molecule has 1 aliphatic rings. The summed E-state index contributed by atoms with van der Waals surface area (Å²) in [5.74, 6) is 0. The highest BCUT2D eigenvalue weighted by Gasteiger charge is 2.26. The fraction of sp³-hybridized carbons (Fsp3) is 0.250. The Morgan fingerprint density at radius 3 is 2.00 bits per heavy atom. The van der Waals surface area contributed by atoms with E-state index in [0.717, 1.165) is 0 Å². The Morgan fingerprint density at radius 1 is 1.08 bits per heavy atom. The van der Waals surface area contributed by atoms with Gasteiger partial charge in [0.15, 0.2) is 0 Å². The van der Waals surface area contributed by atoms with E-state index in [4.69, 9.17) is 0 Å². The van der Waals surface area contributed by atoms with Gasteiger partial charge in [-0.05, 0) is 26.2 Å². The summed E-state index contributed by atoms with van der Waals surface area (Å²) in [6.07, 6.45) is 0. The maximum Gasteiger partial charge on any atom is 0.465 e. The molecule has 0 atom stereocenters. The average Bonchev–Trinajstić information content (AvgIpc) is 2.46. The van der Waals surface area contributed by atoms with Crippen LogP contribution >= 0.6 is 0 Å². The third kappa shape index (κ3) is 1.14. The minimum atomic E-state index is 0.224. The molecule has 12 heavy (non-hydrogen) atoms. The van der Waals surface area contributed by atoms with Gasteiger partial charge in [0.05, 0.1) is 0 Å². The molecule has 1 aromatic rings. The number of para-hydroxylation sites is 2. The van der Waals surface area contributed by atoms with Gasteiger partial charge in [-0.15, -0.1) is 0 Å². The average molecular weight is 161 g/mol. The number of rotatable bonds is 1. The van der Waals surface area contributed by atoms with E-state index in [1.807, 2.05) is 26.2 Å². The van der Waals surface area contributed by atoms with E-state index in [1.165, 1.54) is 11.4 Å². The lowest BCUT2D eigenvalue weighted by atomic mass is 9.94. The smallest absolute Gasteiger partial charge is 0.393 e. The highest BCUT2D eigenvalue weighted by molar-refractivity contribution is 6.65. The molecule has 2 rings (SSSR count). The highest BCUT2D eigenvalue weighted by atomic mass is 15.2. The van der Waals surface area contributed by atoms with Crippen molar-refractivity contribution < 1.29 is 0 Å². The van der Waals surface area contributed by atoms with Crippen molar-refractivity contribution in [2.75, 3.05) is 24.6 Å². The molecule has 0 saturated carbocycles. The van der Waals surface area contributed by atoms with Crippen LogP contribution in [0.25, 0.3) is 0 Å². The molecule has 0 unspecified atom stereocenters. The van der Waals surface area contributed by atoms with Gasteiger partial charge in [-0.3, -0.25) is 0 Å². The van der Waals surface area contributed by atoms with E-state index in [2.05, 4.69) is 27.4 Å². The summed E-state index contributed by atoms with van der Waals surface area (Å²) in [5, 5.41) is 6.70. The molecule has 62 valence electrons. The van der Waals surface area contributed by atoms with E-state index in [0.29, 0.717) is 0 Å². The molecule has 1 heterocycles. The molecule has 0 aliphatic carbocycles. The van der Waals surface area contributed by atoms with Gasteiger partial charge in [-0.1, -0.05) is 12.1 Å². The van der Waals surface area contributed by atoms with Crippen molar-refractivity contribution >= 4 is 18.5 Å². The van der Waals surface area contributed by atoms with Crippen LogP contribution in [0.3, 0.4) is 0 Å². The fourth-order valence-corrected chi connectivity index (χ4v) is 1.32. The van der Waals surface area contributed by atoms with E-state index < -0.39 is 0 Å². The van der Waals surface area contributed by atoms with Crippen molar-refractivity contribution in [1.29, 1.82) is 0 Å². The first-order valence-electron chi connectivity index (χ1n) is 4.06. The Bertz CT molecular complexity index is 262. The molecule has 3 nitrogen and oxygen atoms in total. The molecule has 0 fully saturated rings. The van der Waals surface area contributed by atoms with Crippen molar-refractivity contribution in [3.63, 3.8) is 0 Å². The first kappa shape index (κ1) is 7.49. The van der Waals surface area contributed by atoms with Crippen molar-refractivity contribution in [3.8, 4) is 0 Å². The lowest BCUT2D eigenvalue weighted by Crippen LogP contribution is -2.43. The van der Waals surface area contributed by atoms with Crippen molar-refractivity contribution in [1.82, 2.24) is 4.81 Å². The summed E-state index contributed by atoms with van der Waals surface area (Å²) in [6.45, 7) is 0. The van der Waals surface area contributed by atoms with Gasteiger partial charge >= 0.3 is 7.12 Å². The van der Waals surface area contributed by atoms with Crippen LogP contribution < -0.4 is 10.5 Å². The monoisotopic (exact) mass is 161 g/mol. The molecule has 1 aromatic carbocycles. The highest BCUT2D eigenvalue weighted by Crippen LogP contribution is 2.26. The van der Waals surface area contributed by atoms with Gasteiger partial charge in [0, 0.05) is 11.4 Å². The SMILES string of the molecule is CN(C)B1Nc2ccccc2N1. The molecule has 1 aliphatic heterocycles. The second kappa shape index (κ2) is 2.71. The van der Waals surface area contributed by atoms with Crippen LogP contribution in [0.1, 0.15) is 0 Å². The Morgan fingerprint density at radius 2 is 1.58 bits per heavy atom. The quantitative estimate of drug-likeness (QED) is 0.603. The zero-order valence-electron chi connectivity index (χ0n) is 7.33. The van der Waals surface area contributed by atoms with E-state index in [9.17, 15) is 0 Å². The van der Waals surface area contributed by atoms with Crippen LogP contribution in [0.5, 0.6) is 0 Å². The predicted octanol–water partition coefficient (Wildman–Crippen LogP) is 1.07. The maximum absolute atomic E-state index is 3.35. The van der Waals surface area contributed by atoms with Crippen molar-refractivity contribution in [3.05, 3.63) is 24.3 Å². The number of nitrogens with one attached hydrogen (secondary N) is 2. The number of hydrogen-bond donors (Lipinski definition) is 2. The first-order valence-corrected chi connectivity index (χ1v) is 4.06. The molecular weight excluding hydrogens is 149 g/mol. The lowest BCUT2D eigenvalue weighted by Gasteiger charge is -2.13. The zero-order valence-corrected chi connectivity index (χ0v) is 7.33. The molecular formula is C8H12BN3. The van der Waals surface area contributed by atoms with Crippen LogP contribution in [-0.4, -0.2) is 26.0 Å². The third-order valence-corrected chi connectivity index (χ3v) is 2.03. The van der Waals surface area contributed by atoms with Crippen molar-refractivity contribution in [2.45, 2.75) is 0 Å². The van der Waals surface area contributed by atoms with Gasteiger partial charge in [0.25, 0.3) is 0 Å². The molecule has 0 bridgehead atoms. The van der Waals surface area contributed by atoms with Crippen LogP contribution in [0.4, 0.5) is 11.4 Å². The second-order valence-corrected chi connectivity index (χ2v) is 3.20. The van der Waals surface area contributed by atoms with Gasteiger partial charge < -0.3 is 15.3 Å². The Labute approximate surface area is 72.9 Å². The predicted molar refractivity (Wildman–Crippen MR) is 53.1 cm³/mol. The number of anilines is 2. The minimum absolute atomic E-state index is 0.224. The summed E-state index contributed by atoms with van der Waals surface area (Å²) in [7, 11) is 4.30. The van der Waals surface area contributed by atoms with Crippen molar-refractivity contribution in [2.24, 2.45) is 0 Å². The van der Waals surface area contributed by atoms with E-state index >= 15 is 0 Å². The number of nitrogens with zero attached hydrogens (tertiary/aromatic N) is 1. The minimum Gasteiger partial charge on any atom is -0.393 e. The normalized spacial score (nSPS) is 14.1. The fourth-order valence-electron chi connectivity index (χ4n) is 1.32. The Balaban J connectivity index is 2.22. The van der Waals surface area contributed by atoms with Crippen LogP contribution in [0, 0.1) is 0 Å². The lowest BCUT2D eigenvalue weighted by molar-refractivity contribution is 0.649. The summed E-state index contributed by atoms with van der Waals surface area (Å²) in [6, 6.07) is 8.22. The first-order chi connectivity index (χ1) is 5.77. The van der Waals surface area contributed by atoms with Crippen LogP contribution in [0.15, 0.2) is 24.3 Å². The largest absolute Gasteiger partial charge is 0.465 e. The van der Waals surface area contributed by atoms with Crippen LogP contribution in [-0.2, 0) is 0 Å². The van der Waals surface area contributed by atoms with Crippen LogP contribution in [0.2, 0.25) is 0 Å². The molecule has 4 heteroatoms. The zero-order chi connectivity index (χ0) is 8.55. The molecule has 0 radical (unpaired) electrons. The van der Waals surface area contributed by atoms with E-state index in [1.54, 1.807) is 0 Å². The van der Waals surface area contributed by atoms with Gasteiger partial charge in [-0.2, -0.15) is 0 Å². The summed E-state index contributed by atoms with van der Waals surface area (Å²) >= 11 is 0. The molecule has 2 N–H and O–H groups in total. The third-order valence-electron chi connectivity index (χ3n) is 2.03. The van der Waals surface area contributed by atoms with E-state index in [-0.39, 0.29) is 7.12 Å². The molecule has 0 amide bonds. The Kier molecular flexibility index (Phi) is 1.69. The second-order valence-electron chi connectivity index (χ2n) is 3.20. The maximum atomic E-state index is 3.35. The summed E-state index contributed by atoms with van der Waals surface area (Å²) in [5.41, 5.74) is 2.35. The number of fused-ring (bicyclic) bond motifs is 1.